The molecule has 2 N–H and O–H groups in total. The SMILES string of the molecule is CCOc1ccc(Br)cc1C(=O)Nc1ccc(NC(=O)c2ccc(C(C)(C)C)cc2)cc1. The maximum absolute atomic E-state index is 12.7. The number of carbonyl (C=O) groups excluding carboxylic acids is 2. The molecule has 0 heterocycles. The highest BCUT2D eigenvalue weighted by Gasteiger charge is 2.15. The van der Waals surface area contributed by atoms with Crippen molar-refractivity contribution >= 4 is 39.1 Å². The van der Waals surface area contributed by atoms with Gasteiger partial charge in [-0.15, -0.1) is 0 Å². The molecule has 0 aromatic heterocycles. The van der Waals surface area contributed by atoms with Gasteiger partial charge in [-0.1, -0.05) is 48.8 Å². The van der Waals surface area contributed by atoms with Crippen LogP contribution in [0.15, 0.2) is 71.2 Å². The zero-order valence-corrected chi connectivity index (χ0v) is 20.2. The van der Waals surface area contributed by atoms with Gasteiger partial charge in [0.15, 0.2) is 0 Å². The molecule has 0 aliphatic carbocycles. The van der Waals surface area contributed by atoms with Gasteiger partial charge in [-0.05, 0) is 72.5 Å². The summed E-state index contributed by atoms with van der Waals surface area (Å²) in [5.41, 5.74) is 3.50. The van der Waals surface area contributed by atoms with E-state index in [4.69, 9.17) is 4.74 Å². The largest absolute Gasteiger partial charge is 0.493 e. The highest BCUT2D eigenvalue weighted by Crippen LogP contribution is 2.25. The number of halogens is 1. The summed E-state index contributed by atoms with van der Waals surface area (Å²) in [6.45, 7) is 8.74. The average molecular weight is 495 g/mol. The van der Waals surface area contributed by atoms with Gasteiger partial charge in [0, 0.05) is 21.4 Å². The van der Waals surface area contributed by atoms with Gasteiger partial charge in [-0.2, -0.15) is 0 Å². The Bertz CT molecular complexity index is 1100. The van der Waals surface area contributed by atoms with Crippen molar-refractivity contribution in [2.24, 2.45) is 0 Å². The van der Waals surface area contributed by atoms with Crippen molar-refractivity contribution in [2.75, 3.05) is 17.2 Å². The molecule has 0 saturated carbocycles. The lowest BCUT2D eigenvalue weighted by molar-refractivity contribution is 0.101. The Balaban J connectivity index is 1.66. The van der Waals surface area contributed by atoms with E-state index in [1.54, 1.807) is 36.4 Å². The minimum Gasteiger partial charge on any atom is -0.493 e. The molecule has 3 aromatic rings. The molecule has 0 bridgehead atoms. The molecule has 3 rings (SSSR count). The van der Waals surface area contributed by atoms with Crippen LogP contribution in [0.25, 0.3) is 0 Å². The second kappa shape index (κ2) is 10.0. The third-order valence-corrected chi connectivity index (χ3v) is 5.39. The zero-order valence-electron chi connectivity index (χ0n) is 18.7. The molecule has 0 spiro atoms. The number of ether oxygens (including phenoxy) is 1. The number of benzene rings is 3. The van der Waals surface area contributed by atoms with Crippen LogP contribution in [0.1, 0.15) is 54.0 Å². The van der Waals surface area contributed by atoms with Crippen LogP contribution in [0.5, 0.6) is 5.75 Å². The minimum absolute atomic E-state index is 0.0362. The quantitative estimate of drug-likeness (QED) is 0.402. The van der Waals surface area contributed by atoms with Crippen LogP contribution in [0.3, 0.4) is 0 Å². The van der Waals surface area contributed by atoms with Gasteiger partial charge < -0.3 is 15.4 Å². The second-order valence-electron chi connectivity index (χ2n) is 8.39. The molecule has 0 aliphatic rings. The minimum atomic E-state index is -0.273. The predicted octanol–water partition coefficient (Wildman–Crippen LogP) is 6.65. The number of nitrogens with one attached hydrogen (secondary N) is 2. The normalized spacial score (nSPS) is 11.0. The van der Waals surface area contributed by atoms with Gasteiger partial charge >= 0.3 is 0 Å². The van der Waals surface area contributed by atoms with Crippen molar-refractivity contribution in [3.63, 3.8) is 0 Å². The molecule has 0 atom stereocenters. The van der Waals surface area contributed by atoms with Crippen molar-refractivity contribution < 1.29 is 14.3 Å². The smallest absolute Gasteiger partial charge is 0.259 e. The molecule has 32 heavy (non-hydrogen) atoms. The van der Waals surface area contributed by atoms with E-state index in [9.17, 15) is 9.59 Å². The fourth-order valence-electron chi connectivity index (χ4n) is 3.12. The Hall–Kier alpha value is -3.12. The van der Waals surface area contributed by atoms with Crippen molar-refractivity contribution in [3.05, 3.63) is 87.9 Å². The summed E-state index contributed by atoms with van der Waals surface area (Å²) < 4.78 is 6.34. The molecule has 0 aliphatic heterocycles. The Morgan fingerprint density at radius 1 is 0.844 bits per heavy atom. The Labute approximate surface area is 197 Å². The number of hydrogen-bond acceptors (Lipinski definition) is 3. The molecular formula is C26H27BrN2O3. The monoisotopic (exact) mass is 494 g/mol. The van der Waals surface area contributed by atoms with Crippen LogP contribution in [-0.2, 0) is 5.41 Å². The number of anilines is 2. The van der Waals surface area contributed by atoms with Gasteiger partial charge in [-0.3, -0.25) is 9.59 Å². The Morgan fingerprint density at radius 2 is 1.41 bits per heavy atom. The number of amides is 2. The van der Waals surface area contributed by atoms with Crippen molar-refractivity contribution in [1.29, 1.82) is 0 Å². The van der Waals surface area contributed by atoms with Gasteiger partial charge in [0.25, 0.3) is 11.8 Å². The lowest BCUT2D eigenvalue weighted by Crippen LogP contribution is -2.15. The van der Waals surface area contributed by atoms with Gasteiger partial charge in [0.1, 0.15) is 5.75 Å². The van der Waals surface area contributed by atoms with Crippen molar-refractivity contribution in [3.8, 4) is 5.75 Å². The van der Waals surface area contributed by atoms with E-state index >= 15 is 0 Å². The summed E-state index contributed by atoms with van der Waals surface area (Å²) in [6, 6.07) is 19.9. The van der Waals surface area contributed by atoms with Crippen LogP contribution in [0.2, 0.25) is 0 Å². The molecule has 0 radical (unpaired) electrons. The predicted molar refractivity (Wildman–Crippen MR) is 133 cm³/mol. The van der Waals surface area contributed by atoms with Crippen molar-refractivity contribution in [1.82, 2.24) is 0 Å². The van der Waals surface area contributed by atoms with E-state index < -0.39 is 0 Å². The van der Waals surface area contributed by atoms with Gasteiger partial charge in [-0.25, -0.2) is 0 Å². The van der Waals surface area contributed by atoms with E-state index in [-0.39, 0.29) is 17.2 Å². The molecule has 3 aromatic carbocycles. The van der Waals surface area contributed by atoms with E-state index in [1.165, 1.54) is 5.56 Å². The lowest BCUT2D eigenvalue weighted by Gasteiger charge is -2.19. The number of hydrogen-bond donors (Lipinski definition) is 2. The molecule has 2 amide bonds. The summed E-state index contributed by atoms with van der Waals surface area (Å²) in [7, 11) is 0. The number of carbonyl (C=O) groups is 2. The molecule has 0 fully saturated rings. The molecule has 0 unspecified atom stereocenters. The molecule has 0 saturated heterocycles. The third kappa shape index (κ3) is 5.98. The molecule has 5 nitrogen and oxygen atoms in total. The molecule has 166 valence electrons. The summed E-state index contributed by atoms with van der Waals surface area (Å²) in [6.07, 6.45) is 0. The first-order valence-corrected chi connectivity index (χ1v) is 11.2. The lowest BCUT2D eigenvalue weighted by atomic mass is 9.87. The summed E-state index contributed by atoms with van der Waals surface area (Å²) in [4.78, 5) is 25.3. The first-order chi connectivity index (χ1) is 15.2. The van der Waals surface area contributed by atoms with Crippen LogP contribution in [0.4, 0.5) is 11.4 Å². The van der Waals surface area contributed by atoms with Crippen LogP contribution in [-0.4, -0.2) is 18.4 Å². The van der Waals surface area contributed by atoms with E-state index in [0.29, 0.717) is 34.9 Å². The van der Waals surface area contributed by atoms with Crippen LogP contribution in [0, 0.1) is 0 Å². The second-order valence-corrected chi connectivity index (χ2v) is 9.30. The summed E-state index contributed by atoms with van der Waals surface area (Å²) in [5, 5.41) is 5.75. The molecule has 6 heteroatoms. The van der Waals surface area contributed by atoms with E-state index in [0.717, 1.165) is 4.47 Å². The maximum Gasteiger partial charge on any atom is 0.259 e. The fraction of sp³-hybridized carbons (Fsp3) is 0.231. The topological polar surface area (TPSA) is 67.4 Å². The average Bonchev–Trinajstić information content (AvgIpc) is 2.76. The van der Waals surface area contributed by atoms with E-state index in [1.807, 2.05) is 37.3 Å². The third-order valence-electron chi connectivity index (χ3n) is 4.90. The molecular weight excluding hydrogens is 468 g/mol. The highest BCUT2D eigenvalue weighted by molar-refractivity contribution is 9.10. The Morgan fingerprint density at radius 3 is 1.94 bits per heavy atom. The highest BCUT2D eigenvalue weighted by atomic mass is 79.9. The Kier molecular flexibility index (Phi) is 7.36. The van der Waals surface area contributed by atoms with Gasteiger partial charge in [0.2, 0.25) is 0 Å². The summed E-state index contributed by atoms with van der Waals surface area (Å²) >= 11 is 3.39. The number of rotatable bonds is 6. The van der Waals surface area contributed by atoms with E-state index in [2.05, 4.69) is 47.3 Å². The first-order valence-electron chi connectivity index (χ1n) is 10.4. The first kappa shape index (κ1) is 23.5. The zero-order chi connectivity index (χ0) is 23.3. The van der Waals surface area contributed by atoms with Crippen LogP contribution < -0.4 is 15.4 Å². The van der Waals surface area contributed by atoms with Crippen LogP contribution >= 0.6 is 15.9 Å². The van der Waals surface area contributed by atoms with Crippen molar-refractivity contribution in [2.45, 2.75) is 33.1 Å². The van der Waals surface area contributed by atoms with Gasteiger partial charge in [0.05, 0.1) is 12.2 Å². The standard InChI is InChI=1S/C26H27BrN2O3/c1-5-32-23-15-10-19(27)16-22(23)25(31)29-21-13-11-20(12-14-21)28-24(30)17-6-8-18(9-7-17)26(2,3)4/h6-16H,5H2,1-4H3,(H,28,30)(H,29,31). The maximum atomic E-state index is 12.7. The fourth-order valence-corrected chi connectivity index (χ4v) is 3.48. The summed E-state index contributed by atoms with van der Waals surface area (Å²) in [5.74, 6) is 0.0674.